The van der Waals surface area contributed by atoms with Crippen LogP contribution in [0.25, 0.3) is 0 Å². The lowest BCUT2D eigenvalue weighted by molar-refractivity contribution is -0.142. The number of rotatable bonds is 2. The van der Waals surface area contributed by atoms with Crippen LogP contribution in [0.3, 0.4) is 0 Å². The third kappa shape index (κ3) is 1.88. The first-order valence-corrected chi connectivity index (χ1v) is 4.31. The highest BCUT2D eigenvalue weighted by Gasteiger charge is 2.29. The summed E-state index contributed by atoms with van der Waals surface area (Å²) in [6.45, 7) is 0. The molecule has 1 aromatic heterocycles. The van der Waals surface area contributed by atoms with Gasteiger partial charge in [-0.15, -0.1) is 0 Å². The van der Waals surface area contributed by atoms with Crippen molar-refractivity contribution in [3.8, 4) is 5.75 Å². The molecule has 0 spiro atoms. The van der Waals surface area contributed by atoms with Crippen LogP contribution in [0, 0.1) is 0 Å². The Balaban J connectivity index is 2.22. The summed E-state index contributed by atoms with van der Waals surface area (Å²) >= 11 is 0. The van der Waals surface area contributed by atoms with Crippen molar-refractivity contribution < 1.29 is 19.4 Å². The lowest BCUT2D eigenvalue weighted by Crippen LogP contribution is -2.38. The molecule has 0 bridgehead atoms. The highest BCUT2D eigenvalue weighted by Crippen LogP contribution is 2.27. The zero-order valence-electron chi connectivity index (χ0n) is 7.64. The van der Waals surface area contributed by atoms with E-state index in [9.17, 15) is 9.59 Å². The molecule has 1 aromatic rings. The van der Waals surface area contributed by atoms with Gasteiger partial charge in [0, 0.05) is 6.20 Å². The van der Waals surface area contributed by atoms with Gasteiger partial charge in [0.2, 0.25) is 0 Å². The van der Waals surface area contributed by atoms with Crippen LogP contribution in [0.5, 0.6) is 5.75 Å². The summed E-state index contributed by atoms with van der Waals surface area (Å²) in [5, 5.41) is 11.0. The fraction of sp³-hybridized carbons (Fsp3) is 0.222. The largest absolute Gasteiger partial charge is 0.481 e. The van der Waals surface area contributed by atoms with Crippen LogP contribution in [0.4, 0.5) is 5.82 Å². The van der Waals surface area contributed by atoms with E-state index in [2.05, 4.69) is 10.3 Å². The highest BCUT2D eigenvalue weighted by molar-refractivity contribution is 5.98. The number of aliphatic carboxylic acids is 1. The first-order chi connectivity index (χ1) is 7.16. The highest BCUT2D eigenvalue weighted by atomic mass is 16.5. The molecule has 0 saturated carbocycles. The molecule has 0 radical (unpaired) electrons. The Morgan fingerprint density at radius 1 is 1.67 bits per heavy atom. The van der Waals surface area contributed by atoms with Gasteiger partial charge in [-0.2, -0.15) is 0 Å². The fourth-order valence-corrected chi connectivity index (χ4v) is 1.28. The molecule has 0 fully saturated rings. The van der Waals surface area contributed by atoms with Gasteiger partial charge in [0.25, 0.3) is 5.91 Å². The molecule has 1 unspecified atom stereocenters. The van der Waals surface area contributed by atoms with Gasteiger partial charge >= 0.3 is 5.97 Å². The van der Waals surface area contributed by atoms with Gasteiger partial charge in [0.05, 0.1) is 6.42 Å². The molecule has 6 heteroatoms. The fourth-order valence-electron chi connectivity index (χ4n) is 1.28. The van der Waals surface area contributed by atoms with Crippen molar-refractivity contribution in [1.29, 1.82) is 0 Å². The van der Waals surface area contributed by atoms with E-state index in [1.54, 1.807) is 12.1 Å². The normalized spacial score (nSPS) is 18.7. The van der Waals surface area contributed by atoms with Crippen LogP contribution in [0.15, 0.2) is 18.3 Å². The van der Waals surface area contributed by atoms with Crippen molar-refractivity contribution in [1.82, 2.24) is 4.98 Å². The number of carboxylic acid groups (broad SMARTS) is 1. The number of pyridine rings is 1. The number of aromatic nitrogens is 1. The number of hydrogen-bond acceptors (Lipinski definition) is 4. The van der Waals surface area contributed by atoms with E-state index in [1.165, 1.54) is 6.20 Å². The van der Waals surface area contributed by atoms with Crippen molar-refractivity contribution in [2.45, 2.75) is 12.5 Å². The number of nitrogens with zero attached hydrogens (tertiary/aromatic N) is 1. The maximum atomic E-state index is 11.4. The monoisotopic (exact) mass is 208 g/mol. The molecule has 1 atom stereocenters. The van der Waals surface area contributed by atoms with Crippen molar-refractivity contribution in [2.24, 2.45) is 0 Å². The Morgan fingerprint density at radius 3 is 3.20 bits per heavy atom. The molecule has 1 aliphatic rings. The van der Waals surface area contributed by atoms with Gasteiger partial charge in [0.1, 0.15) is 0 Å². The number of carboxylic acids is 1. The molecule has 15 heavy (non-hydrogen) atoms. The second-order valence-corrected chi connectivity index (χ2v) is 3.04. The van der Waals surface area contributed by atoms with E-state index < -0.39 is 18.0 Å². The van der Waals surface area contributed by atoms with Crippen molar-refractivity contribution in [2.75, 3.05) is 5.32 Å². The Bertz CT molecular complexity index is 418. The SMILES string of the molecule is O=C(O)CC1Oc2cccnc2NC1=O. The smallest absolute Gasteiger partial charge is 0.307 e. The summed E-state index contributed by atoms with van der Waals surface area (Å²) in [6.07, 6.45) is 0.166. The average molecular weight is 208 g/mol. The average Bonchev–Trinajstić information content (AvgIpc) is 2.18. The molecule has 2 N–H and O–H groups in total. The minimum absolute atomic E-state index is 0.323. The lowest BCUT2D eigenvalue weighted by atomic mass is 10.2. The second kappa shape index (κ2) is 3.56. The van der Waals surface area contributed by atoms with E-state index >= 15 is 0 Å². The standard InChI is InChI=1S/C9H8N2O4/c12-7(13)4-6-9(14)11-8-5(15-6)2-1-3-10-8/h1-3,6H,4H2,(H,12,13)(H,10,11,14). The first kappa shape index (κ1) is 9.45. The lowest BCUT2D eigenvalue weighted by Gasteiger charge is -2.23. The maximum Gasteiger partial charge on any atom is 0.307 e. The van der Waals surface area contributed by atoms with Crippen LogP contribution in [-0.4, -0.2) is 28.1 Å². The van der Waals surface area contributed by atoms with Gasteiger partial charge in [0.15, 0.2) is 17.7 Å². The quantitative estimate of drug-likeness (QED) is 0.727. The molecular weight excluding hydrogens is 200 g/mol. The molecule has 6 nitrogen and oxygen atoms in total. The Kier molecular flexibility index (Phi) is 2.24. The third-order valence-corrected chi connectivity index (χ3v) is 1.93. The number of carbonyl (C=O) groups is 2. The minimum atomic E-state index is -1.08. The number of nitrogens with one attached hydrogen (secondary N) is 1. The molecule has 1 amide bonds. The Morgan fingerprint density at radius 2 is 2.47 bits per heavy atom. The molecular formula is C9H8N2O4. The zero-order valence-corrected chi connectivity index (χ0v) is 7.64. The summed E-state index contributed by atoms with van der Waals surface area (Å²) in [4.78, 5) is 25.7. The van der Waals surface area contributed by atoms with Gasteiger partial charge in [-0.1, -0.05) is 0 Å². The maximum absolute atomic E-state index is 11.4. The molecule has 0 aliphatic carbocycles. The van der Waals surface area contributed by atoms with Crippen LogP contribution in [-0.2, 0) is 9.59 Å². The van der Waals surface area contributed by atoms with Crippen molar-refractivity contribution >= 4 is 17.7 Å². The Labute approximate surface area is 84.9 Å². The van der Waals surface area contributed by atoms with E-state index in [1.807, 2.05) is 0 Å². The minimum Gasteiger partial charge on any atom is -0.481 e. The van der Waals surface area contributed by atoms with Gasteiger partial charge in [-0.05, 0) is 12.1 Å². The van der Waals surface area contributed by atoms with Crippen LogP contribution in [0.2, 0.25) is 0 Å². The predicted molar refractivity (Wildman–Crippen MR) is 49.5 cm³/mol. The van der Waals surface area contributed by atoms with E-state index in [4.69, 9.17) is 9.84 Å². The molecule has 0 saturated heterocycles. The van der Waals surface area contributed by atoms with Crippen LogP contribution in [0.1, 0.15) is 6.42 Å². The summed E-state index contributed by atoms with van der Waals surface area (Å²) in [6, 6.07) is 3.27. The van der Waals surface area contributed by atoms with Crippen LogP contribution >= 0.6 is 0 Å². The topological polar surface area (TPSA) is 88.5 Å². The van der Waals surface area contributed by atoms with Gasteiger partial charge in [-0.3, -0.25) is 9.59 Å². The Hall–Kier alpha value is -2.11. The number of fused-ring (bicyclic) bond motifs is 1. The van der Waals surface area contributed by atoms with Crippen LogP contribution < -0.4 is 10.1 Å². The second-order valence-electron chi connectivity index (χ2n) is 3.04. The molecule has 2 heterocycles. The molecule has 0 aromatic carbocycles. The van der Waals surface area contributed by atoms with Gasteiger partial charge in [-0.25, -0.2) is 4.98 Å². The zero-order chi connectivity index (χ0) is 10.8. The number of carbonyl (C=O) groups excluding carboxylic acids is 1. The summed E-state index contributed by atoms with van der Waals surface area (Å²) < 4.78 is 5.20. The number of amides is 1. The summed E-state index contributed by atoms with van der Waals surface area (Å²) in [5.41, 5.74) is 0. The molecule has 2 rings (SSSR count). The van der Waals surface area contributed by atoms with E-state index in [0.29, 0.717) is 11.6 Å². The number of hydrogen-bond donors (Lipinski definition) is 2. The number of anilines is 1. The van der Waals surface area contributed by atoms with Crippen molar-refractivity contribution in [3.05, 3.63) is 18.3 Å². The summed E-state index contributed by atoms with van der Waals surface area (Å²) in [5.74, 6) is -0.849. The number of ether oxygens (including phenoxy) is 1. The summed E-state index contributed by atoms with van der Waals surface area (Å²) in [7, 11) is 0. The van der Waals surface area contributed by atoms with E-state index in [0.717, 1.165) is 0 Å². The first-order valence-electron chi connectivity index (χ1n) is 4.31. The third-order valence-electron chi connectivity index (χ3n) is 1.93. The predicted octanol–water partition coefficient (Wildman–Crippen LogP) is 0.256. The molecule has 78 valence electrons. The van der Waals surface area contributed by atoms with E-state index in [-0.39, 0.29) is 6.42 Å². The van der Waals surface area contributed by atoms with Crippen molar-refractivity contribution in [3.63, 3.8) is 0 Å². The van der Waals surface area contributed by atoms with Gasteiger partial charge < -0.3 is 15.2 Å². The molecule has 1 aliphatic heterocycles.